The molecule has 0 saturated carbocycles. The number of nitrogens with zero attached hydrogens (tertiary/aromatic N) is 2. The minimum atomic E-state index is 0.587. The summed E-state index contributed by atoms with van der Waals surface area (Å²) >= 11 is 0. The average Bonchev–Trinajstić information content (AvgIpc) is 2.89. The molecule has 1 heterocycles. The van der Waals surface area contributed by atoms with Gasteiger partial charge in [-0.3, -0.25) is 0 Å². The van der Waals surface area contributed by atoms with E-state index in [9.17, 15) is 0 Å². The molecule has 96 valence electrons. The van der Waals surface area contributed by atoms with Crippen molar-refractivity contribution in [1.29, 1.82) is 0 Å². The molecule has 2 aromatic rings. The molecule has 1 unspecified atom stereocenters. The van der Waals surface area contributed by atoms with Crippen molar-refractivity contribution in [3.63, 3.8) is 0 Å². The number of benzene rings is 1. The molecule has 0 spiro atoms. The molecule has 0 radical (unpaired) electrons. The highest BCUT2D eigenvalue weighted by Crippen LogP contribution is 2.12. The quantitative estimate of drug-likeness (QED) is 0.845. The lowest BCUT2D eigenvalue weighted by molar-refractivity contribution is 0.503. The first-order valence-electron chi connectivity index (χ1n) is 6.60. The molecule has 3 nitrogen and oxygen atoms in total. The summed E-state index contributed by atoms with van der Waals surface area (Å²) in [6.45, 7) is 2.22. The Hall–Kier alpha value is -1.61. The Balaban J connectivity index is 2.09. The zero-order valence-corrected chi connectivity index (χ0v) is 11.1. The van der Waals surface area contributed by atoms with E-state index in [1.54, 1.807) is 0 Å². The number of aryl methyl sites for hydroxylation is 1. The smallest absolute Gasteiger partial charge is 0.0648 e. The van der Waals surface area contributed by atoms with Crippen LogP contribution in [0.4, 0.5) is 0 Å². The van der Waals surface area contributed by atoms with E-state index >= 15 is 0 Å². The number of hydrogen-bond acceptors (Lipinski definition) is 2. The van der Waals surface area contributed by atoms with Crippen LogP contribution in [0.2, 0.25) is 0 Å². The minimum absolute atomic E-state index is 0.587. The van der Waals surface area contributed by atoms with Crippen LogP contribution in [0.1, 0.15) is 25.5 Å². The number of hydrogen-bond donors (Lipinski definition) is 1. The zero-order chi connectivity index (χ0) is 12.8. The Kier molecular flexibility index (Phi) is 4.53. The first-order valence-corrected chi connectivity index (χ1v) is 6.60. The van der Waals surface area contributed by atoms with Crippen molar-refractivity contribution in [2.75, 3.05) is 7.05 Å². The molecule has 2 rings (SSSR count). The highest BCUT2D eigenvalue weighted by molar-refractivity contribution is 5.32. The summed E-state index contributed by atoms with van der Waals surface area (Å²) in [5.74, 6) is 0. The van der Waals surface area contributed by atoms with Gasteiger partial charge in [0, 0.05) is 17.9 Å². The molecular weight excluding hydrogens is 222 g/mol. The van der Waals surface area contributed by atoms with E-state index in [1.165, 1.54) is 5.69 Å². The lowest BCUT2D eigenvalue weighted by Crippen LogP contribution is -2.25. The number of para-hydroxylation sites is 1. The van der Waals surface area contributed by atoms with E-state index in [1.807, 2.05) is 36.1 Å². The lowest BCUT2D eigenvalue weighted by Gasteiger charge is -2.14. The van der Waals surface area contributed by atoms with Gasteiger partial charge < -0.3 is 5.32 Å². The molecule has 0 aliphatic rings. The maximum Gasteiger partial charge on any atom is 0.0648 e. The Morgan fingerprint density at radius 3 is 2.67 bits per heavy atom. The van der Waals surface area contributed by atoms with Crippen molar-refractivity contribution in [2.45, 2.75) is 32.2 Å². The Morgan fingerprint density at radius 2 is 2.00 bits per heavy atom. The van der Waals surface area contributed by atoms with Crippen LogP contribution in [0.5, 0.6) is 0 Å². The van der Waals surface area contributed by atoms with Gasteiger partial charge in [-0.05, 0) is 44.5 Å². The second-order valence-electron chi connectivity index (χ2n) is 4.50. The van der Waals surface area contributed by atoms with Gasteiger partial charge in [-0.15, -0.1) is 0 Å². The summed E-state index contributed by atoms with van der Waals surface area (Å²) in [5.41, 5.74) is 2.41. The van der Waals surface area contributed by atoms with Crippen molar-refractivity contribution in [3.8, 4) is 5.69 Å². The minimum Gasteiger partial charge on any atom is -0.317 e. The molecule has 1 aromatic carbocycles. The summed E-state index contributed by atoms with van der Waals surface area (Å²) < 4.78 is 2.03. The summed E-state index contributed by atoms with van der Waals surface area (Å²) in [6, 6.07) is 13.0. The van der Waals surface area contributed by atoms with Gasteiger partial charge >= 0.3 is 0 Å². The highest BCUT2D eigenvalue weighted by Gasteiger charge is 2.08. The maximum absolute atomic E-state index is 4.41. The molecule has 1 atom stereocenters. The molecule has 0 aliphatic carbocycles. The van der Waals surface area contributed by atoms with Crippen LogP contribution in [0.3, 0.4) is 0 Å². The second kappa shape index (κ2) is 6.36. The van der Waals surface area contributed by atoms with Crippen LogP contribution in [0, 0.1) is 0 Å². The van der Waals surface area contributed by atoms with E-state index in [2.05, 4.69) is 35.5 Å². The average molecular weight is 243 g/mol. The fraction of sp³-hybridized carbons (Fsp3) is 0.400. The molecular formula is C15H21N3. The predicted molar refractivity (Wildman–Crippen MR) is 75.0 cm³/mol. The molecule has 0 saturated heterocycles. The van der Waals surface area contributed by atoms with Crippen molar-refractivity contribution < 1.29 is 0 Å². The van der Waals surface area contributed by atoms with Crippen molar-refractivity contribution in [2.24, 2.45) is 0 Å². The molecule has 0 fully saturated rings. The number of rotatable bonds is 6. The van der Waals surface area contributed by atoms with Gasteiger partial charge in [-0.1, -0.05) is 25.1 Å². The third kappa shape index (κ3) is 2.99. The van der Waals surface area contributed by atoms with Gasteiger partial charge in [-0.2, -0.15) is 5.10 Å². The second-order valence-corrected chi connectivity index (χ2v) is 4.50. The Labute approximate surface area is 109 Å². The molecule has 1 N–H and O–H groups in total. The third-order valence-corrected chi connectivity index (χ3v) is 3.37. The highest BCUT2D eigenvalue weighted by atomic mass is 15.3. The van der Waals surface area contributed by atoms with Crippen molar-refractivity contribution in [3.05, 3.63) is 48.3 Å². The van der Waals surface area contributed by atoms with E-state index < -0.39 is 0 Å². The van der Waals surface area contributed by atoms with Gasteiger partial charge in [-0.25, -0.2) is 4.68 Å². The van der Waals surface area contributed by atoms with Crippen molar-refractivity contribution in [1.82, 2.24) is 15.1 Å². The van der Waals surface area contributed by atoms with Gasteiger partial charge in [0.15, 0.2) is 0 Å². The maximum atomic E-state index is 4.41. The number of aromatic nitrogens is 2. The monoisotopic (exact) mass is 243 g/mol. The predicted octanol–water partition coefficient (Wildman–Crippen LogP) is 2.80. The van der Waals surface area contributed by atoms with Crippen LogP contribution in [-0.4, -0.2) is 22.9 Å². The Bertz CT molecular complexity index is 458. The van der Waals surface area contributed by atoms with Gasteiger partial charge in [0.05, 0.1) is 5.69 Å². The fourth-order valence-electron chi connectivity index (χ4n) is 2.20. The SMILES string of the molecule is CCC(CCc1ccnn1-c1ccccc1)NC. The molecule has 3 heteroatoms. The standard InChI is InChI=1S/C15H21N3/c1-3-13(16-2)9-10-15-11-12-17-18(15)14-7-5-4-6-8-14/h4-8,11-13,16H,3,9-10H2,1-2H3. The van der Waals surface area contributed by atoms with Gasteiger partial charge in [0.25, 0.3) is 0 Å². The first kappa shape index (κ1) is 12.8. The zero-order valence-electron chi connectivity index (χ0n) is 11.1. The largest absolute Gasteiger partial charge is 0.317 e. The van der Waals surface area contributed by atoms with E-state index in [-0.39, 0.29) is 0 Å². The van der Waals surface area contributed by atoms with Gasteiger partial charge in [0.2, 0.25) is 0 Å². The molecule has 0 aliphatic heterocycles. The van der Waals surface area contributed by atoms with Crippen LogP contribution in [-0.2, 0) is 6.42 Å². The lowest BCUT2D eigenvalue weighted by atomic mass is 10.1. The summed E-state index contributed by atoms with van der Waals surface area (Å²) in [7, 11) is 2.03. The first-order chi connectivity index (χ1) is 8.85. The molecule has 1 aromatic heterocycles. The van der Waals surface area contributed by atoms with Crippen LogP contribution < -0.4 is 5.32 Å². The summed E-state index contributed by atoms with van der Waals surface area (Å²) in [6.07, 6.45) is 5.23. The van der Waals surface area contributed by atoms with Crippen LogP contribution >= 0.6 is 0 Å². The van der Waals surface area contributed by atoms with Gasteiger partial charge in [0.1, 0.15) is 0 Å². The van der Waals surface area contributed by atoms with Crippen molar-refractivity contribution >= 4 is 0 Å². The van der Waals surface area contributed by atoms with Crippen LogP contribution in [0.15, 0.2) is 42.6 Å². The van der Waals surface area contributed by atoms with E-state index in [0.717, 1.165) is 24.9 Å². The molecule has 0 bridgehead atoms. The third-order valence-electron chi connectivity index (χ3n) is 3.37. The summed E-state index contributed by atoms with van der Waals surface area (Å²) in [4.78, 5) is 0. The fourth-order valence-corrected chi connectivity index (χ4v) is 2.20. The normalized spacial score (nSPS) is 12.6. The Morgan fingerprint density at radius 1 is 1.22 bits per heavy atom. The topological polar surface area (TPSA) is 29.9 Å². The van der Waals surface area contributed by atoms with Crippen LogP contribution in [0.25, 0.3) is 5.69 Å². The van der Waals surface area contributed by atoms with E-state index in [0.29, 0.717) is 6.04 Å². The molecule has 0 amide bonds. The summed E-state index contributed by atoms with van der Waals surface area (Å²) in [5, 5.41) is 7.76. The van der Waals surface area contributed by atoms with E-state index in [4.69, 9.17) is 0 Å². The number of nitrogens with one attached hydrogen (secondary N) is 1. The molecule has 18 heavy (non-hydrogen) atoms.